The van der Waals surface area contributed by atoms with Gasteiger partial charge in [-0.05, 0) is 23.6 Å². The molecule has 3 aromatic rings. The third-order valence-electron chi connectivity index (χ3n) is 2.33. The third-order valence-corrected chi connectivity index (χ3v) is 4.07. The molecule has 0 atom stereocenters. The maximum absolute atomic E-state index is 11.9. The standard InChI is InChI=1S/C13H8N2O2S2/c16-12(10-7-4-8-18-10)19-13-15-14-11(17-13)9-5-2-1-3-6-9/h1-8H. The van der Waals surface area contributed by atoms with Gasteiger partial charge in [0.15, 0.2) is 0 Å². The second-order valence-electron chi connectivity index (χ2n) is 3.61. The van der Waals surface area contributed by atoms with E-state index < -0.39 is 0 Å². The molecule has 0 unspecified atom stereocenters. The summed E-state index contributed by atoms with van der Waals surface area (Å²) >= 11 is 2.34. The molecule has 0 aliphatic heterocycles. The maximum atomic E-state index is 11.9. The van der Waals surface area contributed by atoms with Gasteiger partial charge in [0, 0.05) is 17.3 Å². The van der Waals surface area contributed by atoms with E-state index in [1.165, 1.54) is 11.3 Å². The lowest BCUT2D eigenvalue weighted by Gasteiger charge is -1.93. The number of hydrogen-bond acceptors (Lipinski definition) is 6. The first-order chi connectivity index (χ1) is 9.33. The minimum absolute atomic E-state index is 0.0849. The van der Waals surface area contributed by atoms with Crippen molar-refractivity contribution in [1.82, 2.24) is 10.2 Å². The topological polar surface area (TPSA) is 56.0 Å². The van der Waals surface area contributed by atoms with Gasteiger partial charge in [-0.3, -0.25) is 4.79 Å². The summed E-state index contributed by atoms with van der Waals surface area (Å²) in [5.74, 6) is 0.419. The van der Waals surface area contributed by atoms with E-state index in [0.29, 0.717) is 10.8 Å². The van der Waals surface area contributed by atoms with Crippen LogP contribution in [0.25, 0.3) is 11.5 Å². The predicted molar refractivity (Wildman–Crippen MR) is 74.2 cm³/mol. The highest BCUT2D eigenvalue weighted by molar-refractivity contribution is 8.14. The van der Waals surface area contributed by atoms with Gasteiger partial charge in [0.2, 0.25) is 11.0 Å². The fourth-order valence-electron chi connectivity index (χ4n) is 1.47. The van der Waals surface area contributed by atoms with E-state index in [0.717, 1.165) is 17.3 Å². The van der Waals surface area contributed by atoms with Gasteiger partial charge in [0.05, 0.1) is 4.88 Å². The lowest BCUT2D eigenvalue weighted by molar-refractivity contribution is 0.109. The van der Waals surface area contributed by atoms with Crippen molar-refractivity contribution in [2.45, 2.75) is 5.22 Å². The minimum Gasteiger partial charge on any atom is -0.411 e. The van der Waals surface area contributed by atoms with Gasteiger partial charge in [-0.1, -0.05) is 24.3 Å². The Morgan fingerprint density at radius 2 is 1.95 bits per heavy atom. The normalized spacial score (nSPS) is 10.5. The van der Waals surface area contributed by atoms with Gasteiger partial charge in [-0.15, -0.1) is 21.5 Å². The van der Waals surface area contributed by atoms with Crippen molar-refractivity contribution in [3.63, 3.8) is 0 Å². The first kappa shape index (κ1) is 12.1. The van der Waals surface area contributed by atoms with Crippen LogP contribution in [0, 0.1) is 0 Å². The summed E-state index contributed by atoms with van der Waals surface area (Å²) in [5.41, 5.74) is 0.838. The smallest absolute Gasteiger partial charge is 0.284 e. The van der Waals surface area contributed by atoms with Crippen LogP contribution >= 0.6 is 23.1 Å². The second-order valence-corrected chi connectivity index (χ2v) is 5.48. The highest BCUT2D eigenvalue weighted by Crippen LogP contribution is 2.26. The van der Waals surface area contributed by atoms with Crippen molar-refractivity contribution in [3.05, 3.63) is 52.7 Å². The van der Waals surface area contributed by atoms with Gasteiger partial charge in [-0.25, -0.2) is 0 Å². The monoisotopic (exact) mass is 288 g/mol. The van der Waals surface area contributed by atoms with Crippen LogP contribution in [0.15, 0.2) is 57.5 Å². The number of nitrogens with zero attached hydrogens (tertiary/aromatic N) is 2. The molecule has 94 valence electrons. The van der Waals surface area contributed by atoms with Crippen molar-refractivity contribution >= 4 is 28.2 Å². The summed E-state index contributed by atoms with van der Waals surface area (Å²) in [5, 5.41) is 9.84. The molecule has 1 aromatic carbocycles. The van der Waals surface area contributed by atoms with E-state index in [1.54, 1.807) is 6.07 Å². The van der Waals surface area contributed by atoms with E-state index in [1.807, 2.05) is 41.8 Å². The zero-order valence-corrected chi connectivity index (χ0v) is 11.3. The van der Waals surface area contributed by atoms with Crippen LogP contribution in [-0.4, -0.2) is 15.3 Å². The fourth-order valence-corrected chi connectivity index (χ4v) is 2.83. The second kappa shape index (κ2) is 5.38. The van der Waals surface area contributed by atoms with Crippen LogP contribution in [0.4, 0.5) is 0 Å². The molecular formula is C13H8N2O2S2. The highest BCUT2D eigenvalue weighted by atomic mass is 32.2. The molecule has 3 rings (SSSR count). The van der Waals surface area contributed by atoms with Crippen molar-refractivity contribution in [2.75, 3.05) is 0 Å². The molecule has 0 fully saturated rings. The SMILES string of the molecule is O=C(Sc1nnc(-c2ccccc2)o1)c1cccs1. The first-order valence-corrected chi connectivity index (χ1v) is 7.17. The molecule has 6 heteroatoms. The lowest BCUT2D eigenvalue weighted by atomic mass is 10.2. The van der Waals surface area contributed by atoms with Crippen LogP contribution < -0.4 is 0 Å². The molecule has 2 aromatic heterocycles. The van der Waals surface area contributed by atoms with Gasteiger partial charge in [0.1, 0.15) is 0 Å². The Morgan fingerprint density at radius 1 is 1.11 bits per heavy atom. The number of rotatable bonds is 3. The Labute approximate surface area is 117 Å². The number of thiophene rings is 1. The Hall–Kier alpha value is -1.92. The number of carbonyl (C=O) groups excluding carboxylic acids is 1. The number of thioether (sulfide) groups is 1. The minimum atomic E-state index is -0.0849. The summed E-state index contributed by atoms with van der Waals surface area (Å²) in [6.45, 7) is 0. The molecule has 0 N–H and O–H groups in total. The van der Waals surface area contributed by atoms with E-state index in [9.17, 15) is 4.79 Å². The van der Waals surface area contributed by atoms with Gasteiger partial charge in [0.25, 0.3) is 5.22 Å². The Balaban J connectivity index is 1.77. The van der Waals surface area contributed by atoms with Crippen molar-refractivity contribution in [1.29, 1.82) is 0 Å². The van der Waals surface area contributed by atoms with Crippen LogP contribution in [0.1, 0.15) is 9.67 Å². The maximum Gasteiger partial charge on any atom is 0.284 e. The van der Waals surface area contributed by atoms with Crippen molar-refractivity contribution < 1.29 is 9.21 Å². The highest BCUT2D eigenvalue weighted by Gasteiger charge is 2.15. The zero-order valence-electron chi connectivity index (χ0n) is 9.65. The van der Waals surface area contributed by atoms with E-state index in [4.69, 9.17) is 4.42 Å². The third kappa shape index (κ3) is 2.74. The molecule has 0 amide bonds. The van der Waals surface area contributed by atoms with Gasteiger partial charge in [-0.2, -0.15) is 0 Å². The number of aromatic nitrogens is 2. The predicted octanol–water partition coefficient (Wildman–Crippen LogP) is 3.73. The van der Waals surface area contributed by atoms with Crippen molar-refractivity contribution in [2.24, 2.45) is 0 Å². The molecule has 0 radical (unpaired) electrons. The van der Waals surface area contributed by atoms with E-state index >= 15 is 0 Å². The molecule has 0 saturated heterocycles. The molecule has 19 heavy (non-hydrogen) atoms. The number of hydrogen-bond donors (Lipinski definition) is 0. The molecule has 0 aliphatic rings. The summed E-state index contributed by atoms with van der Waals surface area (Å²) in [6, 6.07) is 13.1. The molecule has 0 aliphatic carbocycles. The Morgan fingerprint density at radius 3 is 2.68 bits per heavy atom. The Bertz CT molecular complexity index is 678. The average molecular weight is 288 g/mol. The zero-order chi connectivity index (χ0) is 13.1. The van der Waals surface area contributed by atoms with Crippen LogP contribution in [0.5, 0.6) is 0 Å². The van der Waals surface area contributed by atoms with Crippen molar-refractivity contribution in [3.8, 4) is 11.5 Å². The van der Waals surface area contributed by atoms with Crippen LogP contribution in [-0.2, 0) is 0 Å². The largest absolute Gasteiger partial charge is 0.411 e. The van der Waals surface area contributed by atoms with Crippen LogP contribution in [0.3, 0.4) is 0 Å². The molecule has 0 saturated carbocycles. The van der Waals surface area contributed by atoms with Crippen LogP contribution in [0.2, 0.25) is 0 Å². The molecule has 2 heterocycles. The Kier molecular flexibility index (Phi) is 3.43. The average Bonchev–Trinajstić information content (AvgIpc) is 3.11. The van der Waals surface area contributed by atoms with E-state index in [2.05, 4.69) is 10.2 Å². The molecular weight excluding hydrogens is 280 g/mol. The quantitative estimate of drug-likeness (QED) is 0.687. The molecule has 0 bridgehead atoms. The van der Waals surface area contributed by atoms with Gasteiger partial charge < -0.3 is 4.42 Å². The van der Waals surface area contributed by atoms with Gasteiger partial charge >= 0.3 is 0 Å². The summed E-state index contributed by atoms with van der Waals surface area (Å²) in [6.07, 6.45) is 0. The van der Waals surface area contributed by atoms with E-state index in [-0.39, 0.29) is 10.3 Å². The molecule has 4 nitrogen and oxygen atoms in total. The number of benzene rings is 1. The fraction of sp³-hybridized carbons (Fsp3) is 0. The first-order valence-electron chi connectivity index (χ1n) is 5.47. The summed E-state index contributed by atoms with van der Waals surface area (Å²) in [4.78, 5) is 12.5. The lowest BCUT2D eigenvalue weighted by Crippen LogP contribution is -1.88. The number of carbonyl (C=O) groups is 1. The summed E-state index contributed by atoms with van der Waals surface area (Å²) in [7, 11) is 0. The summed E-state index contributed by atoms with van der Waals surface area (Å²) < 4.78 is 5.46. The molecule has 0 spiro atoms.